The lowest BCUT2D eigenvalue weighted by atomic mass is 10.1. The number of halogens is 1. The van der Waals surface area contributed by atoms with E-state index in [-0.39, 0.29) is 0 Å². The first-order valence-corrected chi connectivity index (χ1v) is 10.1. The second-order valence-corrected chi connectivity index (χ2v) is 7.78. The van der Waals surface area contributed by atoms with Crippen LogP contribution in [0.3, 0.4) is 0 Å². The lowest BCUT2D eigenvalue weighted by Gasteiger charge is -2.03. The molecule has 1 fully saturated rings. The van der Waals surface area contributed by atoms with E-state index in [0.29, 0.717) is 12.5 Å². The van der Waals surface area contributed by atoms with Crippen molar-refractivity contribution < 1.29 is 0 Å². The minimum atomic E-state index is 0.481. The number of aromatic nitrogens is 5. The first kappa shape index (κ1) is 18.1. The molecule has 4 aromatic rings. The molecule has 1 aliphatic heterocycles. The van der Waals surface area contributed by atoms with Gasteiger partial charge in [0.1, 0.15) is 5.69 Å². The van der Waals surface area contributed by atoms with E-state index in [1.165, 1.54) is 0 Å². The van der Waals surface area contributed by atoms with Crippen molar-refractivity contribution in [2.45, 2.75) is 18.9 Å². The standard InChI is InChI=1S/C22H21ClN6/c23-19-3-1-15(2-4-19)13-29-14-18(11-27-29)16-6-8-25-20(9-16)22-26-12-21(28-22)17-5-7-24-10-17/h1-4,6,8-9,11-12,14,17,24H,5,7,10,13H2,(H,26,28). The van der Waals surface area contributed by atoms with Crippen LogP contribution in [0, 0.1) is 0 Å². The molecular weight excluding hydrogens is 384 g/mol. The molecule has 1 atom stereocenters. The molecule has 0 radical (unpaired) electrons. The van der Waals surface area contributed by atoms with Crippen molar-refractivity contribution in [3.63, 3.8) is 0 Å². The van der Waals surface area contributed by atoms with Crippen molar-refractivity contribution in [2.75, 3.05) is 13.1 Å². The van der Waals surface area contributed by atoms with E-state index in [4.69, 9.17) is 16.6 Å². The summed E-state index contributed by atoms with van der Waals surface area (Å²) in [6, 6.07) is 11.9. The van der Waals surface area contributed by atoms with Gasteiger partial charge in [0, 0.05) is 41.6 Å². The van der Waals surface area contributed by atoms with E-state index in [9.17, 15) is 0 Å². The van der Waals surface area contributed by atoms with Crippen LogP contribution in [0.2, 0.25) is 5.02 Å². The minimum Gasteiger partial charge on any atom is -0.343 e. The largest absolute Gasteiger partial charge is 0.343 e. The molecule has 1 aliphatic rings. The zero-order valence-electron chi connectivity index (χ0n) is 15.8. The third kappa shape index (κ3) is 3.95. The smallest absolute Gasteiger partial charge is 0.156 e. The summed E-state index contributed by atoms with van der Waals surface area (Å²) in [6.07, 6.45) is 8.88. The van der Waals surface area contributed by atoms with Gasteiger partial charge in [-0.3, -0.25) is 9.67 Å². The molecule has 1 saturated heterocycles. The second-order valence-electron chi connectivity index (χ2n) is 7.35. The monoisotopic (exact) mass is 404 g/mol. The summed E-state index contributed by atoms with van der Waals surface area (Å²) in [6.45, 7) is 2.75. The molecule has 29 heavy (non-hydrogen) atoms. The Kier molecular flexibility index (Phi) is 4.87. The molecule has 5 rings (SSSR count). The molecule has 2 N–H and O–H groups in total. The fourth-order valence-corrected chi connectivity index (χ4v) is 3.82. The predicted octanol–water partition coefficient (Wildman–Crippen LogP) is 4.11. The van der Waals surface area contributed by atoms with E-state index in [0.717, 1.165) is 58.4 Å². The fraction of sp³-hybridized carbons (Fsp3) is 0.227. The summed E-state index contributed by atoms with van der Waals surface area (Å²) >= 11 is 5.96. The van der Waals surface area contributed by atoms with E-state index in [1.54, 1.807) is 0 Å². The summed E-state index contributed by atoms with van der Waals surface area (Å²) in [7, 11) is 0. The Balaban J connectivity index is 1.36. The fourth-order valence-electron chi connectivity index (χ4n) is 3.70. The Hall–Kier alpha value is -2.96. The van der Waals surface area contributed by atoms with Gasteiger partial charge < -0.3 is 10.3 Å². The van der Waals surface area contributed by atoms with Crippen LogP contribution in [0.4, 0.5) is 0 Å². The third-order valence-electron chi connectivity index (χ3n) is 5.30. The number of pyridine rings is 1. The lowest BCUT2D eigenvalue weighted by molar-refractivity contribution is 0.687. The molecule has 0 amide bonds. The average molecular weight is 405 g/mol. The van der Waals surface area contributed by atoms with Crippen LogP contribution in [0.5, 0.6) is 0 Å². The number of hydrogen-bond acceptors (Lipinski definition) is 4. The summed E-state index contributed by atoms with van der Waals surface area (Å²) in [4.78, 5) is 12.6. The quantitative estimate of drug-likeness (QED) is 0.525. The van der Waals surface area contributed by atoms with Crippen molar-refractivity contribution in [1.82, 2.24) is 30.0 Å². The maximum atomic E-state index is 5.96. The van der Waals surface area contributed by atoms with Gasteiger partial charge in [-0.05, 0) is 48.4 Å². The first-order valence-electron chi connectivity index (χ1n) is 9.74. The number of nitrogens with zero attached hydrogens (tertiary/aromatic N) is 4. The Morgan fingerprint density at radius 3 is 2.86 bits per heavy atom. The molecule has 0 spiro atoms. The average Bonchev–Trinajstić information content (AvgIpc) is 3.51. The number of aromatic amines is 1. The van der Waals surface area contributed by atoms with Crippen molar-refractivity contribution in [2.24, 2.45) is 0 Å². The first-order chi connectivity index (χ1) is 14.2. The maximum Gasteiger partial charge on any atom is 0.156 e. The van der Waals surface area contributed by atoms with Crippen LogP contribution in [0.1, 0.15) is 23.6 Å². The number of benzene rings is 1. The molecule has 1 unspecified atom stereocenters. The minimum absolute atomic E-state index is 0.481. The summed E-state index contributed by atoms with van der Waals surface area (Å²) in [5, 5.41) is 8.63. The molecule has 7 heteroatoms. The highest BCUT2D eigenvalue weighted by Crippen LogP contribution is 2.26. The van der Waals surface area contributed by atoms with Crippen molar-refractivity contribution in [3.05, 3.63) is 77.5 Å². The zero-order valence-corrected chi connectivity index (χ0v) is 16.6. The van der Waals surface area contributed by atoms with E-state index in [1.807, 2.05) is 59.8 Å². The molecule has 0 bridgehead atoms. The van der Waals surface area contributed by atoms with Crippen molar-refractivity contribution in [1.29, 1.82) is 0 Å². The highest BCUT2D eigenvalue weighted by Gasteiger charge is 2.19. The molecule has 6 nitrogen and oxygen atoms in total. The van der Waals surface area contributed by atoms with Gasteiger partial charge in [0.25, 0.3) is 0 Å². The highest BCUT2D eigenvalue weighted by molar-refractivity contribution is 6.30. The van der Waals surface area contributed by atoms with Crippen LogP contribution >= 0.6 is 11.6 Å². The maximum absolute atomic E-state index is 5.96. The molecule has 146 valence electrons. The van der Waals surface area contributed by atoms with Crippen molar-refractivity contribution in [3.8, 4) is 22.6 Å². The van der Waals surface area contributed by atoms with Crippen LogP contribution in [0.15, 0.2) is 61.2 Å². The van der Waals surface area contributed by atoms with Crippen LogP contribution < -0.4 is 5.32 Å². The lowest BCUT2D eigenvalue weighted by Crippen LogP contribution is -2.08. The zero-order chi connectivity index (χ0) is 19.6. The number of nitrogens with one attached hydrogen (secondary N) is 2. The number of hydrogen-bond donors (Lipinski definition) is 2. The third-order valence-corrected chi connectivity index (χ3v) is 5.56. The summed E-state index contributed by atoms with van der Waals surface area (Å²) < 4.78 is 1.93. The van der Waals surface area contributed by atoms with Gasteiger partial charge in [0.05, 0.1) is 18.4 Å². The molecular formula is C22H21ClN6. The molecule has 0 saturated carbocycles. The topological polar surface area (TPSA) is 71.4 Å². The highest BCUT2D eigenvalue weighted by atomic mass is 35.5. The predicted molar refractivity (Wildman–Crippen MR) is 114 cm³/mol. The molecule has 4 heterocycles. The molecule has 0 aliphatic carbocycles. The van der Waals surface area contributed by atoms with Gasteiger partial charge in [-0.15, -0.1) is 0 Å². The Labute approximate surface area is 174 Å². The van der Waals surface area contributed by atoms with Gasteiger partial charge in [0.2, 0.25) is 0 Å². The SMILES string of the molecule is Clc1ccc(Cn2cc(-c3ccnc(-c4nc(C5CCNC5)c[nH]4)c3)cn2)cc1. The Morgan fingerprint density at radius 2 is 2.03 bits per heavy atom. The van der Waals surface area contributed by atoms with E-state index >= 15 is 0 Å². The Bertz CT molecular complexity index is 1110. The van der Waals surface area contributed by atoms with E-state index < -0.39 is 0 Å². The van der Waals surface area contributed by atoms with Gasteiger partial charge in [-0.25, -0.2) is 4.98 Å². The van der Waals surface area contributed by atoms with Gasteiger partial charge >= 0.3 is 0 Å². The Morgan fingerprint density at radius 1 is 1.14 bits per heavy atom. The summed E-state index contributed by atoms with van der Waals surface area (Å²) in [5.41, 5.74) is 5.22. The number of H-pyrrole nitrogens is 1. The summed E-state index contributed by atoms with van der Waals surface area (Å²) in [5.74, 6) is 1.29. The van der Waals surface area contributed by atoms with Crippen LogP contribution in [0.25, 0.3) is 22.6 Å². The molecule has 1 aromatic carbocycles. The van der Waals surface area contributed by atoms with Crippen LogP contribution in [-0.4, -0.2) is 37.8 Å². The molecule has 3 aromatic heterocycles. The number of imidazole rings is 1. The van der Waals surface area contributed by atoms with Gasteiger partial charge in [0.15, 0.2) is 5.82 Å². The van der Waals surface area contributed by atoms with Crippen LogP contribution in [-0.2, 0) is 6.54 Å². The van der Waals surface area contributed by atoms with Gasteiger partial charge in [-0.2, -0.15) is 5.10 Å². The number of rotatable bonds is 5. The second kappa shape index (κ2) is 7.81. The van der Waals surface area contributed by atoms with E-state index in [2.05, 4.69) is 26.4 Å². The van der Waals surface area contributed by atoms with Gasteiger partial charge in [-0.1, -0.05) is 23.7 Å². The normalized spacial score (nSPS) is 16.4. The van der Waals surface area contributed by atoms with Crippen molar-refractivity contribution >= 4 is 11.6 Å².